The normalized spacial score (nSPS) is 15.3. The number of aliphatic hydroxyl groups is 3. The lowest BCUT2D eigenvalue weighted by Crippen LogP contribution is -2.29. The van der Waals surface area contributed by atoms with Gasteiger partial charge in [-0.05, 0) is 89.9 Å². The van der Waals surface area contributed by atoms with E-state index in [9.17, 15) is 29.3 Å². The van der Waals surface area contributed by atoms with Crippen LogP contribution in [0.15, 0.2) is 97.2 Å². The van der Waals surface area contributed by atoms with Crippen LogP contribution in [0.2, 0.25) is 0 Å². The highest BCUT2D eigenvalue weighted by atomic mass is 31.2. The Morgan fingerprint density at radius 2 is 1.05 bits per heavy atom. The zero-order valence-corrected chi connectivity index (χ0v) is 36.2. The predicted molar refractivity (Wildman–Crippen MR) is 234 cm³/mol. The second-order valence-electron chi connectivity index (χ2n) is 13.8. The fourth-order valence-electron chi connectivity index (χ4n) is 5.05. The Bertz CT molecular complexity index is 1300. The summed E-state index contributed by atoms with van der Waals surface area (Å²) in [6, 6.07) is 0. The summed E-state index contributed by atoms with van der Waals surface area (Å²) >= 11 is 0. The fourth-order valence-corrected chi connectivity index (χ4v) is 5.84. The quantitative estimate of drug-likeness (QED) is 0.0202. The summed E-state index contributed by atoms with van der Waals surface area (Å²) in [6.45, 7) is 1.93. The van der Waals surface area contributed by atoms with Gasteiger partial charge in [0.2, 0.25) is 0 Å². The van der Waals surface area contributed by atoms with Gasteiger partial charge in [0, 0.05) is 12.8 Å². The van der Waals surface area contributed by atoms with Crippen molar-refractivity contribution in [2.75, 3.05) is 26.4 Å². The van der Waals surface area contributed by atoms with Crippen molar-refractivity contribution in [3.63, 3.8) is 0 Å². The molecule has 330 valence electrons. The third-order valence-corrected chi connectivity index (χ3v) is 9.23. The summed E-state index contributed by atoms with van der Waals surface area (Å²) in [5.74, 6) is -1.05. The van der Waals surface area contributed by atoms with E-state index >= 15 is 0 Å². The highest BCUT2D eigenvalue weighted by molar-refractivity contribution is 7.47. The monoisotopic (exact) mass is 835 g/mol. The molecule has 0 radical (unpaired) electrons. The first-order chi connectivity index (χ1) is 28.1. The number of aliphatic hydroxyl groups excluding tert-OH is 3. The van der Waals surface area contributed by atoms with Crippen LogP contribution in [0, 0.1) is 0 Å². The SMILES string of the molecule is CC/C=C\C/C=C\C/C=C\C/C=C\CCCCCCC(=O)OC[C@H](COP(=O)(O)OC[C@@H](O)CO)OC(=O)CCC/C=C\C/C=C\C/C=C\C/C=C\CC(O)CCC. The van der Waals surface area contributed by atoms with Gasteiger partial charge in [-0.25, -0.2) is 4.57 Å². The van der Waals surface area contributed by atoms with Gasteiger partial charge < -0.3 is 29.7 Å². The van der Waals surface area contributed by atoms with E-state index < -0.39 is 51.8 Å². The predicted octanol–water partition coefficient (Wildman–Crippen LogP) is 10.2. The molecule has 11 nitrogen and oxygen atoms in total. The minimum atomic E-state index is -4.65. The molecule has 0 spiro atoms. The number of carbonyl (C=O) groups excluding carboxylic acids is 2. The molecule has 0 aliphatic heterocycles. The second-order valence-corrected chi connectivity index (χ2v) is 15.3. The van der Waals surface area contributed by atoms with Gasteiger partial charge in [0.25, 0.3) is 0 Å². The summed E-state index contributed by atoms with van der Waals surface area (Å²) in [7, 11) is -4.65. The number of esters is 2. The molecule has 0 aromatic heterocycles. The zero-order valence-electron chi connectivity index (χ0n) is 35.3. The minimum Gasteiger partial charge on any atom is -0.462 e. The van der Waals surface area contributed by atoms with Gasteiger partial charge in [0.1, 0.15) is 12.7 Å². The van der Waals surface area contributed by atoms with Crippen LogP contribution in [0.1, 0.15) is 136 Å². The number of phosphoric ester groups is 1. The molecule has 0 aliphatic carbocycles. The van der Waals surface area contributed by atoms with E-state index in [1.807, 2.05) is 18.2 Å². The van der Waals surface area contributed by atoms with Gasteiger partial charge in [-0.15, -0.1) is 0 Å². The standard InChI is InChI=1S/C46H75O11P/c1-3-5-6-7-8-9-10-11-12-13-14-17-20-23-26-29-32-36-45(50)54-40-44(41-56-58(52,53)55-39-43(49)38-47)57-46(51)37-33-30-27-24-21-18-15-16-19-22-25-28-31-35-42(48)34-4-2/h5-6,8-9,11-12,14-15,17-19,22,24,27-28,31,42-44,47-49H,3-4,7,10,13,16,20-21,23,25-26,29-30,32-41H2,1-2H3,(H,52,53)/b6-5-,9-8-,12-11-,17-14-,18-15-,22-19-,27-24-,31-28-/t42?,43-,44+/m0/s1. The van der Waals surface area contributed by atoms with Crippen LogP contribution in [-0.2, 0) is 32.7 Å². The van der Waals surface area contributed by atoms with Crippen molar-refractivity contribution in [2.24, 2.45) is 0 Å². The molecule has 0 saturated heterocycles. The molecule has 0 aliphatic rings. The van der Waals surface area contributed by atoms with E-state index in [0.717, 1.165) is 83.5 Å². The van der Waals surface area contributed by atoms with Gasteiger partial charge in [-0.3, -0.25) is 18.6 Å². The number of hydrogen-bond acceptors (Lipinski definition) is 10. The van der Waals surface area contributed by atoms with Crippen LogP contribution in [0.25, 0.3) is 0 Å². The van der Waals surface area contributed by atoms with E-state index in [-0.39, 0.29) is 25.6 Å². The average Bonchev–Trinajstić information content (AvgIpc) is 3.20. The molecule has 0 saturated carbocycles. The number of unbranched alkanes of at least 4 members (excludes halogenated alkanes) is 5. The van der Waals surface area contributed by atoms with E-state index in [1.54, 1.807) is 0 Å². The van der Waals surface area contributed by atoms with Gasteiger partial charge in [0.05, 0.1) is 25.9 Å². The van der Waals surface area contributed by atoms with Crippen molar-refractivity contribution in [1.29, 1.82) is 0 Å². The van der Waals surface area contributed by atoms with Crippen LogP contribution >= 0.6 is 7.82 Å². The third kappa shape index (κ3) is 39.7. The number of allylic oxidation sites excluding steroid dienone is 15. The maximum atomic E-state index is 12.6. The van der Waals surface area contributed by atoms with E-state index in [0.29, 0.717) is 25.7 Å². The van der Waals surface area contributed by atoms with E-state index in [4.69, 9.17) is 19.1 Å². The Labute approximate surface area is 349 Å². The molecule has 4 N–H and O–H groups in total. The number of rotatable bonds is 38. The molecule has 0 bridgehead atoms. The highest BCUT2D eigenvalue weighted by Gasteiger charge is 2.27. The first-order valence-electron chi connectivity index (χ1n) is 21.3. The largest absolute Gasteiger partial charge is 0.472 e. The Balaban J connectivity index is 4.49. The van der Waals surface area contributed by atoms with Crippen LogP contribution < -0.4 is 0 Å². The second kappa shape index (κ2) is 40.6. The molecule has 2 unspecified atom stereocenters. The lowest BCUT2D eigenvalue weighted by atomic mass is 10.1. The molecule has 0 amide bonds. The number of carbonyl (C=O) groups is 2. The van der Waals surface area contributed by atoms with Gasteiger partial charge in [-0.2, -0.15) is 0 Å². The van der Waals surface area contributed by atoms with Crippen molar-refractivity contribution in [1.82, 2.24) is 0 Å². The fraction of sp³-hybridized carbons (Fsp3) is 0.609. The summed E-state index contributed by atoms with van der Waals surface area (Å²) in [5, 5.41) is 28.0. The lowest BCUT2D eigenvalue weighted by Gasteiger charge is -2.20. The Kier molecular flexibility index (Phi) is 38.4. The molecule has 0 aromatic rings. The summed E-state index contributed by atoms with van der Waals surface area (Å²) in [4.78, 5) is 35.0. The minimum absolute atomic E-state index is 0.0817. The van der Waals surface area contributed by atoms with Crippen LogP contribution in [-0.4, -0.2) is 76.9 Å². The number of ether oxygens (including phenoxy) is 2. The van der Waals surface area contributed by atoms with Crippen LogP contribution in [0.4, 0.5) is 0 Å². The van der Waals surface area contributed by atoms with Crippen molar-refractivity contribution in [3.05, 3.63) is 97.2 Å². The molecule has 0 rings (SSSR count). The summed E-state index contributed by atoms with van der Waals surface area (Å²) in [6.07, 6.45) is 45.8. The molecule has 0 heterocycles. The third-order valence-electron chi connectivity index (χ3n) is 8.28. The zero-order chi connectivity index (χ0) is 42.8. The Morgan fingerprint density at radius 3 is 1.60 bits per heavy atom. The van der Waals surface area contributed by atoms with E-state index in [1.165, 1.54) is 0 Å². The Hall–Kier alpha value is -3.15. The van der Waals surface area contributed by atoms with E-state index in [2.05, 4.69) is 97.4 Å². The molecule has 4 atom stereocenters. The maximum Gasteiger partial charge on any atom is 0.472 e. The van der Waals surface area contributed by atoms with Crippen molar-refractivity contribution < 1.29 is 52.9 Å². The molecular formula is C46H75O11P. The first-order valence-corrected chi connectivity index (χ1v) is 22.8. The van der Waals surface area contributed by atoms with Crippen LogP contribution in [0.5, 0.6) is 0 Å². The number of phosphoric acid groups is 1. The molecule has 12 heteroatoms. The lowest BCUT2D eigenvalue weighted by molar-refractivity contribution is -0.161. The topological polar surface area (TPSA) is 169 Å². The average molecular weight is 835 g/mol. The van der Waals surface area contributed by atoms with Crippen molar-refractivity contribution in [3.8, 4) is 0 Å². The number of hydrogen-bond donors (Lipinski definition) is 4. The summed E-state index contributed by atoms with van der Waals surface area (Å²) < 4.78 is 32.6. The first kappa shape index (κ1) is 54.9. The van der Waals surface area contributed by atoms with Crippen LogP contribution in [0.3, 0.4) is 0 Å². The Morgan fingerprint density at radius 1 is 0.569 bits per heavy atom. The van der Waals surface area contributed by atoms with Gasteiger partial charge in [-0.1, -0.05) is 130 Å². The molecule has 58 heavy (non-hydrogen) atoms. The van der Waals surface area contributed by atoms with Crippen molar-refractivity contribution in [2.45, 2.75) is 154 Å². The molecular weight excluding hydrogens is 759 g/mol. The smallest absolute Gasteiger partial charge is 0.462 e. The maximum absolute atomic E-state index is 12.6. The molecule has 0 aromatic carbocycles. The molecule has 0 fully saturated rings. The highest BCUT2D eigenvalue weighted by Crippen LogP contribution is 2.43. The summed E-state index contributed by atoms with van der Waals surface area (Å²) in [5.41, 5.74) is 0. The van der Waals surface area contributed by atoms with Gasteiger partial charge in [0.15, 0.2) is 6.10 Å². The van der Waals surface area contributed by atoms with Gasteiger partial charge >= 0.3 is 19.8 Å². The van der Waals surface area contributed by atoms with Crippen molar-refractivity contribution >= 4 is 19.8 Å².